The molecule has 1 heterocycles. The van der Waals surface area contributed by atoms with Crippen molar-refractivity contribution < 1.29 is 8.42 Å². The lowest BCUT2D eigenvalue weighted by Gasteiger charge is -2.38. The predicted octanol–water partition coefficient (Wildman–Crippen LogP) is 1.82. The molecule has 1 aliphatic heterocycles. The minimum absolute atomic E-state index is 0.258. The summed E-state index contributed by atoms with van der Waals surface area (Å²) in [4.78, 5) is 2.60. The van der Waals surface area contributed by atoms with E-state index in [0.29, 0.717) is 5.69 Å². The molecule has 21 heavy (non-hydrogen) atoms. The molecule has 0 bridgehead atoms. The predicted molar refractivity (Wildman–Crippen MR) is 87.3 cm³/mol. The maximum atomic E-state index is 11.5. The Kier molecular flexibility index (Phi) is 4.49. The molecule has 0 unspecified atom stereocenters. The van der Waals surface area contributed by atoms with Crippen molar-refractivity contribution in [2.75, 3.05) is 44.0 Å². The second-order valence-electron chi connectivity index (χ2n) is 6.49. The van der Waals surface area contributed by atoms with Crippen LogP contribution in [-0.4, -0.2) is 46.3 Å². The van der Waals surface area contributed by atoms with Gasteiger partial charge in [-0.1, -0.05) is 6.92 Å². The molecule has 1 saturated heterocycles. The van der Waals surface area contributed by atoms with Crippen molar-refractivity contribution in [2.24, 2.45) is 5.41 Å². The summed E-state index contributed by atoms with van der Waals surface area (Å²) < 4.78 is 23.0. The van der Waals surface area contributed by atoms with E-state index >= 15 is 0 Å². The van der Waals surface area contributed by atoms with Gasteiger partial charge in [0.25, 0.3) is 0 Å². The second kappa shape index (κ2) is 5.85. The van der Waals surface area contributed by atoms with Crippen LogP contribution in [0.4, 0.5) is 11.4 Å². The molecule has 5 nitrogen and oxygen atoms in total. The van der Waals surface area contributed by atoms with E-state index in [-0.39, 0.29) is 10.3 Å². The molecule has 0 radical (unpaired) electrons. The van der Waals surface area contributed by atoms with E-state index in [2.05, 4.69) is 24.2 Å². The molecule has 0 spiro atoms. The van der Waals surface area contributed by atoms with E-state index in [9.17, 15) is 8.42 Å². The Balaban J connectivity index is 2.04. The van der Waals surface area contributed by atoms with Gasteiger partial charge in [-0.25, -0.2) is 8.42 Å². The second-order valence-corrected chi connectivity index (χ2v) is 8.50. The molecule has 1 aromatic rings. The highest BCUT2D eigenvalue weighted by molar-refractivity contribution is 7.90. The van der Waals surface area contributed by atoms with Gasteiger partial charge in [0.05, 0.1) is 16.3 Å². The van der Waals surface area contributed by atoms with Crippen molar-refractivity contribution in [1.29, 1.82) is 0 Å². The summed E-state index contributed by atoms with van der Waals surface area (Å²) in [5.74, 6) is 0. The van der Waals surface area contributed by atoms with Crippen LogP contribution in [0.1, 0.15) is 19.8 Å². The van der Waals surface area contributed by atoms with Crippen molar-refractivity contribution in [2.45, 2.75) is 24.7 Å². The van der Waals surface area contributed by atoms with Crippen molar-refractivity contribution >= 4 is 21.2 Å². The summed E-state index contributed by atoms with van der Waals surface area (Å²) >= 11 is 0. The van der Waals surface area contributed by atoms with Crippen LogP contribution in [-0.2, 0) is 9.84 Å². The standard InChI is InChI=1S/C15H25N3O2S/c1-15(6-8-18(2)9-7-15)11-17-14-5-4-12(10-13(14)16)21(3,19)20/h4-5,10,17H,6-9,11,16H2,1-3H3. The molecule has 2 rings (SSSR count). The molecule has 0 aromatic heterocycles. The lowest BCUT2D eigenvalue weighted by atomic mass is 9.80. The molecule has 0 aliphatic carbocycles. The smallest absolute Gasteiger partial charge is 0.175 e. The first-order valence-corrected chi connectivity index (χ1v) is 9.11. The van der Waals surface area contributed by atoms with Crippen LogP contribution in [0.5, 0.6) is 0 Å². The van der Waals surface area contributed by atoms with Gasteiger partial charge in [-0.15, -0.1) is 0 Å². The minimum Gasteiger partial charge on any atom is -0.397 e. The van der Waals surface area contributed by atoms with Crippen LogP contribution in [0, 0.1) is 5.41 Å². The topological polar surface area (TPSA) is 75.4 Å². The Labute approximate surface area is 127 Å². The van der Waals surface area contributed by atoms with Gasteiger partial charge < -0.3 is 16.0 Å². The Morgan fingerprint density at radius 2 is 1.95 bits per heavy atom. The van der Waals surface area contributed by atoms with Gasteiger partial charge in [0.15, 0.2) is 9.84 Å². The Bertz CT molecular complexity index is 605. The highest BCUT2D eigenvalue weighted by atomic mass is 32.2. The van der Waals surface area contributed by atoms with Crippen molar-refractivity contribution in [3.8, 4) is 0 Å². The summed E-state index contributed by atoms with van der Waals surface area (Å²) in [6.45, 7) is 5.36. The number of sulfone groups is 1. The van der Waals surface area contributed by atoms with E-state index in [1.165, 1.54) is 12.3 Å². The van der Waals surface area contributed by atoms with Crippen molar-refractivity contribution in [1.82, 2.24) is 4.90 Å². The first-order chi connectivity index (χ1) is 9.70. The zero-order valence-electron chi connectivity index (χ0n) is 13.0. The average Bonchev–Trinajstić information content (AvgIpc) is 2.40. The van der Waals surface area contributed by atoms with Gasteiger partial charge in [0.2, 0.25) is 0 Å². The summed E-state index contributed by atoms with van der Waals surface area (Å²) in [7, 11) is -1.06. The van der Waals surface area contributed by atoms with E-state index in [0.717, 1.165) is 38.2 Å². The maximum absolute atomic E-state index is 11.5. The van der Waals surface area contributed by atoms with Gasteiger partial charge >= 0.3 is 0 Å². The van der Waals surface area contributed by atoms with Gasteiger partial charge in [0.1, 0.15) is 0 Å². The molecule has 118 valence electrons. The summed E-state index contributed by atoms with van der Waals surface area (Å²) in [6, 6.07) is 4.88. The van der Waals surface area contributed by atoms with Gasteiger partial charge in [-0.05, 0) is 56.6 Å². The third kappa shape index (κ3) is 4.11. The SMILES string of the molecule is CN1CCC(C)(CNc2ccc(S(C)(=O)=O)cc2N)CC1. The normalized spacial score (nSPS) is 19.4. The number of rotatable bonds is 4. The molecule has 1 aliphatic rings. The minimum atomic E-state index is -3.21. The molecule has 1 fully saturated rings. The zero-order chi connectivity index (χ0) is 15.7. The van der Waals surface area contributed by atoms with E-state index in [4.69, 9.17) is 5.73 Å². The molecular formula is C15H25N3O2S. The summed E-state index contributed by atoms with van der Waals surface area (Å²) in [5.41, 5.74) is 7.51. The van der Waals surface area contributed by atoms with Crippen molar-refractivity contribution in [3.63, 3.8) is 0 Å². The Morgan fingerprint density at radius 3 is 2.48 bits per heavy atom. The first-order valence-electron chi connectivity index (χ1n) is 7.22. The Morgan fingerprint density at radius 1 is 1.33 bits per heavy atom. The zero-order valence-corrected chi connectivity index (χ0v) is 13.8. The van der Waals surface area contributed by atoms with Crippen LogP contribution in [0.2, 0.25) is 0 Å². The van der Waals surface area contributed by atoms with Gasteiger partial charge in [0, 0.05) is 12.8 Å². The third-order valence-electron chi connectivity index (χ3n) is 4.35. The third-order valence-corrected chi connectivity index (χ3v) is 5.46. The monoisotopic (exact) mass is 311 g/mol. The van der Waals surface area contributed by atoms with Crippen molar-refractivity contribution in [3.05, 3.63) is 18.2 Å². The molecule has 0 amide bonds. The number of nitrogen functional groups attached to an aromatic ring is 1. The number of piperidine rings is 1. The number of hydrogen-bond donors (Lipinski definition) is 2. The van der Waals surface area contributed by atoms with Crippen LogP contribution in [0.3, 0.4) is 0 Å². The molecular weight excluding hydrogens is 286 g/mol. The van der Waals surface area contributed by atoms with E-state index in [1.807, 2.05) is 0 Å². The number of anilines is 2. The fourth-order valence-electron chi connectivity index (χ4n) is 2.58. The first kappa shape index (κ1) is 16.1. The fourth-order valence-corrected chi connectivity index (χ4v) is 3.23. The number of nitrogens with one attached hydrogen (secondary N) is 1. The van der Waals surface area contributed by atoms with E-state index in [1.54, 1.807) is 12.1 Å². The Hall–Kier alpha value is -1.27. The fraction of sp³-hybridized carbons (Fsp3) is 0.600. The van der Waals surface area contributed by atoms with Gasteiger partial charge in [-0.2, -0.15) is 0 Å². The van der Waals surface area contributed by atoms with Crippen LogP contribution in [0.15, 0.2) is 23.1 Å². The molecule has 6 heteroatoms. The van der Waals surface area contributed by atoms with Crippen LogP contribution >= 0.6 is 0 Å². The highest BCUT2D eigenvalue weighted by Crippen LogP contribution is 2.31. The largest absolute Gasteiger partial charge is 0.397 e. The molecule has 3 N–H and O–H groups in total. The number of likely N-dealkylation sites (tertiary alicyclic amines) is 1. The highest BCUT2D eigenvalue weighted by Gasteiger charge is 2.28. The van der Waals surface area contributed by atoms with E-state index < -0.39 is 9.84 Å². The molecule has 1 aromatic carbocycles. The number of nitrogens with two attached hydrogens (primary N) is 1. The quantitative estimate of drug-likeness (QED) is 0.830. The average molecular weight is 311 g/mol. The maximum Gasteiger partial charge on any atom is 0.175 e. The number of nitrogens with zero attached hydrogens (tertiary/aromatic N) is 1. The summed E-state index contributed by atoms with van der Waals surface area (Å²) in [5, 5.41) is 3.38. The molecule has 0 saturated carbocycles. The van der Waals surface area contributed by atoms with Gasteiger partial charge in [-0.3, -0.25) is 0 Å². The lowest BCUT2D eigenvalue weighted by molar-refractivity contribution is 0.150. The molecule has 0 atom stereocenters. The number of benzene rings is 1. The van der Waals surface area contributed by atoms with Crippen LogP contribution in [0.25, 0.3) is 0 Å². The number of hydrogen-bond acceptors (Lipinski definition) is 5. The van der Waals surface area contributed by atoms with Crippen LogP contribution < -0.4 is 11.1 Å². The summed E-state index contributed by atoms with van der Waals surface area (Å²) in [6.07, 6.45) is 3.49. The lowest BCUT2D eigenvalue weighted by Crippen LogP contribution is -2.40.